The van der Waals surface area contributed by atoms with Gasteiger partial charge in [0.15, 0.2) is 11.5 Å². The van der Waals surface area contributed by atoms with Gasteiger partial charge in [0.25, 0.3) is 0 Å². The van der Waals surface area contributed by atoms with Gasteiger partial charge in [-0.2, -0.15) is 0 Å². The second-order valence-corrected chi connectivity index (χ2v) is 7.81. The first kappa shape index (κ1) is 19.8. The van der Waals surface area contributed by atoms with Crippen LogP contribution in [0.15, 0.2) is 54.6 Å². The van der Waals surface area contributed by atoms with E-state index in [0.717, 1.165) is 27.8 Å². The molecule has 0 aliphatic heterocycles. The average Bonchev–Trinajstić information content (AvgIpc) is 2.66. The van der Waals surface area contributed by atoms with Gasteiger partial charge in [0, 0.05) is 5.41 Å². The number of phenolic OH excluding ortho intramolecular Hbond substituents is 3. The van der Waals surface area contributed by atoms with Crippen LogP contribution in [0, 0.1) is 13.8 Å². The van der Waals surface area contributed by atoms with Gasteiger partial charge < -0.3 is 20.4 Å². The van der Waals surface area contributed by atoms with Crippen molar-refractivity contribution < 1.29 is 20.4 Å². The third-order valence-electron chi connectivity index (χ3n) is 5.51. The molecule has 0 bridgehead atoms. The van der Waals surface area contributed by atoms with E-state index >= 15 is 0 Å². The van der Waals surface area contributed by atoms with Crippen LogP contribution in [0.5, 0.6) is 17.2 Å². The number of hydrogen-bond acceptors (Lipinski definition) is 4. The van der Waals surface area contributed by atoms with E-state index in [-0.39, 0.29) is 17.2 Å². The Morgan fingerprint density at radius 1 is 0.714 bits per heavy atom. The van der Waals surface area contributed by atoms with Gasteiger partial charge in [0.1, 0.15) is 11.9 Å². The molecule has 1 atom stereocenters. The number of hydrogen-bond donors (Lipinski definition) is 4. The number of benzene rings is 3. The summed E-state index contributed by atoms with van der Waals surface area (Å²) >= 11 is 0. The highest BCUT2D eigenvalue weighted by molar-refractivity contribution is 5.51. The van der Waals surface area contributed by atoms with Gasteiger partial charge in [-0.15, -0.1) is 0 Å². The molecule has 0 amide bonds. The number of aromatic hydroxyl groups is 3. The van der Waals surface area contributed by atoms with Gasteiger partial charge in [0.2, 0.25) is 0 Å². The monoisotopic (exact) mass is 378 g/mol. The summed E-state index contributed by atoms with van der Waals surface area (Å²) in [7, 11) is 0. The highest BCUT2D eigenvalue weighted by Gasteiger charge is 2.29. The summed E-state index contributed by atoms with van der Waals surface area (Å²) in [5, 5.41) is 40.7. The Kier molecular flexibility index (Phi) is 5.09. The topological polar surface area (TPSA) is 80.9 Å². The van der Waals surface area contributed by atoms with Crippen molar-refractivity contribution >= 4 is 0 Å². The van der Waals surface area contributed by atoms with Gasteiger partial charge in [-0.3, -0.25) is 0 Å². The lowest BCUT2D eigenvalue weighted by molar-refractivity contribution is 0.217. The smallest absolute Gasteiger partial charge is 0.157 e. The Morgan fingerprint density at radius 2 is 1.39 bits per heavy atom. The Morgan fingerprint density at radius 3 is 2.07 bits per heavy atom. The molecule has 0 heterocycles. The fourth-order valence-electron chi connectivity index (χ4n) is 3.66. The molecule has 3 rings (SSSR count). The highest BCUT2D eigenvalue weighted by Crippen LogP contribution is 2.40. The summed E-state index contributed by atoms with van der Waals surface area (Å²) in [6.07, 6.45) is -0.861. The molecule has 0 saturated heterocycles. The first-order valence-electron chi connectivity index (χ1n) is 9.23. The van der Waals surface area contributed by atoms with Crippen molar-refractivity contribution in [3.8, 4) is 17.2 Å². The number of rotatable bonds is 4. The molecule has 3 aromatic rings. The van der Waals surface area contributed by atoms with Crippen molar-refractivity contribution in [2.75, 3.05) is 0 Å². The molecule has 0 spiro atoms. The third-order valence-corrected chi connectivity index (χ3v) is 5.51. The predicted octanol–water partition coefficient (Wildman–Crippen LogP) is 4.83. The zero-order valence-electron chi connectivity index (χ0n) is 16.6. The molecule has 4 N–H and O–H groups in total. The Balaban J connectivity index is 2.13. The predicted molar refractivity (Wildman–Crippen MR) is 110 cm³/mol. The Labute approximate surface area is 165 Å². The van der Waals surface area contributed by atoms with Crippen LogP contribution >= 0.6 is 0 Å². The van der Waals surface area contributed by atoms with Crippen LogP contribution in [0.25, 0.3) is 0 Å². The molecule has 0 radical (unpaired) electrons. The second-order valence-electron chi connectivity index (χ2n) is 7.81. The first-order valence-corrected chi connectivity index (χ1v) is 9.23. The zero-order valence-corrected chi connectivity index (χ0v) is 16.6. The summed E-state index contributed by atoms with van der Waals surface area (Å²) in [5.74, 6) is -0.127. The van der Waals surface area contributed by atoms with Gasteiger partial charge in [-0.25, -0.2) is 0 Å². The highest BCUT2D eigenvalue weighted by atomic mass is 16.3. The summed E-state index contributed by atoms with van der Waals surface area (Å²) in [6.45, 7) is 7.70. The van der Waals surface area contributed by atoms with Crippen molar-refractivity contribution in [3.05, 3.63) is 88.0 Å². The lowest BCUT2D eigenvalue weighted by atomic mass is 9.74. The molecule has 146 valence electrons. The molecule has 0 aliphatic rings. The number of aryl methyl sites for hydroxylation is 2. The van der Waals surface area contributed by atoms with Crippen LogP contribution in [0.3, 0.4) is 0 Å². The molecule has 28 heavy (non-hydrogen) atoms. The summed E-state index contributed by atoms with van der Waals surface area (Å²) in [4.78, 5) is 0. The van der Waals surface area contributed by atoms with E-state index in [2.05, 4.69) is 0 Å². The maximum Gasteiger partial charge on any atom is 0.157 e. The van der Waals surface area contributed by atoms with E-state index in [1.807, 2.05) is 51.1 Å². The van der Waals surface area contributed by atoms with Gasteiger partial charge in [0.05, 0.1) is 0 Å². The lowest BCUT2D eigenvalue weighted by Gasteiger charge is -2.30. The van der Waals surface area contributed by atoms with E-state index in [4.69, 9.17) is 0 Å². The van der Waals surface area contributed by atoms with E-state index < -0.39 is 11.5 Å². The van der Waals surface area contributed by atoms with E-state index in [1.165, 1.54) is 6.07 Å². The van der Waals surface area contributed by atoms with Gasteiger partial charge in [-0.05, 0) is 71.5 Å². The molecule has 4 heteroatoms. The van der Waals surface area contributed by atoms with E-state index in [0.29, 0.717) is 5.56 Å². The maximum atomic E-state index is 11.2. The van der Waals surface area contributed by atoms with Crippen LogP contribution in [-0.4, -0.2) is 20.4 Å². The number of phenols is 3. The standard InChI is InChI=1S/C24H26O4/c1-14-12-21(26)15(2)11-18(14)23(28)17-7-5-6-8-19(17)24(3,4)16-9-10-20(25)22(27)13-16/h5-13,23,25-28H,1-4H3. The lowest BCUT2D eigenvalue weighted by Crippen LogP contribution is -2.22. The van der Waals surface area contributed by atoms with Gasteiger partial charge >= 0.3 is 0 Å². The minimum atomic E-state index is -0.861. The molecule has 0 aromatic heterocycles. The van der Waals surface area contributed by atoms with Crippen LogP contribution in [0.4, 0.5) is 0 Å². The zero-order chi connectivity index (χ0) is 20.6. The van der Waals surface area contributed by atoms with Crippen molar-refractivity contribution in [3.63, 3.8) is 0 Å². The molecule has 3 aromatic carbocycles. The summed E-state index contributed by atoms with van der Waals surface area (Å²) < 4.78 is 0. The molecule has 0 fully saturated rings. The van der Waals surface area contributed by atoms with Crippen LogP contribution in [-0.2, 0) is 5.41 Å². The Hall–Kier alpha value is -2.98. The second kappa shape index (κ2) is 7.21. The Bertz CT molecular complexity index is 1020. The van der Waals surface area contributed by atoms with Crippen LogP contribution in [0.1, 0.15) is 53.3 Å². The van der Waals surface area contributed by atoms with Crippen molar-refractivity contribution in [2.45, 2.75) is 39.2 Å². The molecule has 4 nitrogen and oxygen atoms in total. The fourth-order valence-corrected chi connectivity index (χ4v) is 3.66. The van der Waals surface area contributed by atoms with Crippen molar-refractivity contribution in [1.29, 1.82) is 0 Å². The molecule has 0 aliphatic carbocycles. The van der Waals surface area contributed by atoms with Crippen molar-refractivity contribution in [1.82, 2.24) is 0 Å². The molecule has 1 unspecified atom stereocenters. The molecular weight excluding hydrogens is 352 g/mol. The number of aliphatic hydroxyl groups excluding tert-OH is 1. The minimum absolute atomic E-state index is 0.164. The third kappa shape index (κ3) is 3.43. The normalized spacial score (nSPS) is 12.8. The SMILES string of the molecule is Cc1cc(C(O)c2ccccc2C(C)(C)c2ccc(O)c(O)c2)c(C)cc1O. The molecule has 0 saturated carbocycles. The van der Waals surface area contributed by atoms with Crippen molar-refractivity contribution in [2.24, 2.45) is 0 Å². The van der Waals surface area contributed by atoms with Crippen LogP contribution in [0.2, 0.25) is 0 Å². The summed E-state index contributed by atoms with van der Waals surface area (Å²) in [5.41, 5.74) is 4.23. The van der Waals surface area contributed by atoms with Gasteiger partial charge in [-0.1, -0.05) is 44.2 Å². The first-order chi connectivity index (χ1) is 13.1. The number of aliphatic hydroxyl groups is 1. The maximum absolute atomic E-state index is 11.2. The molecular formula is C24H26O4. The largest absolute Gasteiger partial charge is 0.508 e. The van der Waals surface area contributed by atoms with E-state index in [9.17, 15) is 20.4 Å². The average molecular weight is 378 g/mol. The van der Waals surface area contributed by atoms with E-state index in [1.54, 1.807) is 25.1 Å². The fraction of sp³-hybridized carbons (Fsp3) is 0.250. The minimum Gasteiger partial charge on any atom is -0.508 e. The summed E-state index contributed by atoms with van der Waals surface area (Å²) in [6, 6.07) is 15.9. The van der Waals surface area contributed by atoms with Crippen LogP contribution < -0.4 is 0 Å². The quantitative estimate of drug-likeness (QED) is 0.490.